The summed E-state index contributed by atoms with van der Waals surface area (Å²) in [7, 11) is 3.88. The molecule has 0 aliphatic heterocycles. The third-order valence-corrected chi connectivity index (χ3v) is 11.9. The molecule has 0 heterocycles. The molecule has 4 rings (SSSR count). The van der Waals surface area contributed by atoms with E-state index in [2.05, 4.69) is 40.7 Å². The molecule has 0 amide bonds. The van der Waals surface area contributed by atoms with Crippen molar-refractivity contribution in [3.05, 3.63) is 11.6 Å². The molecule has 0 radical (unpaired) electrons. The Balaban J connectivity index is 1.30. The summed E-state index contributed by atoms with van der Waals surface area (Å²) >= 11 is 0. The van der Waals surface area contributed by atoms with E-state index in [0.717, 1.165) is 54.8 Å². The fraction of sp³-hybridized carbons (Fsp3) is 0.886. The lowest BCUT2D eigenvalue weighted by Crippen LogP contribution is -2.51. The van der Waals surface area contributed by atoms with Crippen molar-refractivity contribution in [1.82, 2.24) is 4.90 Å². The van der Waals surface area contributed by atoms with Crippen LogP contribution in [0.1, 0.15) is 118 Å². The Kier molecular flexibility index (Phi) is 10.5. The van der Waals surface area contributed by atoms with Gasteiger partial charge < -0.3 is 14.4 Å². The van der Waals surface area contributed by atoms with E-state index in [9.17, 15) is 9.59 Å². The van der Waals surface area contributed by atoms with Crippen LogP contribution >= 0.6 is 0 Å². The highest BCUT2D eigenvalue weighted by molar-refractivity contribution is 5.77. The zero-order valence-corrected chi connectivity index (χ0v) is 26.8. The van der Waals surface area contributed by atoms with Gasteiger partial charge in [-0.05, 0) is 105 Å². The highest BCUT2D eigenvalue weighted by Crippen LogP contribution is 2.67. The molecule has 0 aromatic rings. The molecule has 4 aliphatic rings. The zero-order valence-electron chi connectivity index (χ0n) is 26.8. The SMILES string of the molecule is CC(C)CCCC(C)[C@H]1CC[C@H]2C3CC=C4C[C@@H](OC(=O)CCC(=O)OCCN(C)C)CCC4(C)[C@H]3CCC12C. The van der Waals surface area contributed by atoms with Crippen LogP contribution in [0.4, 0.5) is 0 Å². The smallest absolute Gasteiger partial charge is 0.306 e. The van der Waals surface area contributed by atoms with E-state index in [-0.39, 0.29) is 36.3 Å². The van der Waals surface area contributed by atoms with Gasteiger partial charge in [-0.3, -0.25) is 9.59 Å². The van der Waals surface area contributed by atoms with E-state index in [4.69, 9.17) is 9.47 Å². The third kappa shape index (κ3) is 6.98. The highest BCUT2D eigenvalue weighted by Gasteiger charge is 2.59. The van der Waals surface area contributed by atoms with Crippen molar-refractivity contribution >= 4 is 11.9 Å². The molecule has 0 aromatic carbocycles. The van der Waals surface area contributed by atoms with Gasteiger partial charge in [-0.15, -0.1) is 0 Å². The van der Waals surface area contributed by atoms with Gasteiger partial charge in [0.05, 0.1) is 12.8 Å². The van der Waals surface area contributed by atoms with Gasteiger partial charge in [0.15, 0.2) is 0 Å². The van der Waals surface area contributed by atoms with Crippen molar-refractivity contribution in [1.29, 1.82) is 0 Å². The first-order valence-electron chi connectivity index (χ1n) is 16.6. The molecule has 3 fully saturated rings. The van der Waals surface area contributed by atoms with Crippen molar-refractivity contribution in [2.75, 3.05) is 27.2 Å². The standard InChI is InChI=1S/C35H59NO4/c1-24(2)9-8-10-25(3)29-13-14-30-28-12-11-26-23-27(17-19-34(26,4)31(28)18-20-35(29,30)5)40-33(38)16-15-32(37)39-22-21-36(6)7/h11,24-25,27-31H,8-10,12-23H2,1-7H3/t25?,27-,28?,29+,30-,31-,34?,35?/m0/s1. The van der Waals surface area contributed by atoms with Gasteiger partial charge in [0.1, 0.15) is 12.7 Å². The Bertz CT molecular complexity index is 911. The number of hydrogen-bond acceptors (Lipinski definition) is 5. The van der Waals surface area contributed by atoms with Crippen molar-refractivity contribution in [3.63, 3.8) is 0 Å². The monoisotopic (exact) mass is 557 g/mol. The second kappa shape index (κ2) is 13.3. The van der Waals surface area contributed by atoms with Gasteiger partial charge in [0.25, 0.3) is 0 Å². The van der Waals surface area contributed by atoms with Crippen molar-refractivity contribution < 1.29 is 19.1 Å². The van der Waals surface area contributed by atoms with Crippen LogP contribution in [0.25, 0.3) is 0 Å². The summed E-state index contributed by atoms with van der Waals surface area (Å²) in [5.74, 6) is 4.43. The summed E-state index contributed by atoms with van der Waals surface area (Å²) in [4.78, 5) is 26.5. The molecule has 5 heteroatoms. The first kappa shape index (κ1) is 31.6. The number of carbonyl (C=O) groups excluding carboxylic acids is 2. The van der Waals surface area contributed by atoms with Gasteiger partial charge in [0, 0.05) is 13.0 Å². The van der Waals surface area contributed by atoms with Crippen LogP contribution in [-0.4, -0.2) is 50.2 Å². The molecule has 0 spiro atoms. The largest absolute Gasteiger partial charge is 0.464 e. The van der Waals surface area contributed by atoms with Crippen LogP contribution in [0.5, 0.6) is 0 Å². The van der Waals surface area contributed by atoms with Gasteiger partial charge in [-0.2, -0.15) is 0 Å². The Morgan fingerprint density at radius 3 is 2.45 bits per heavy atom. The molecule has 0 aromatic heterocycles. The lowest BCUT2D eigenvalue weighted by molar-refractivity contribution is -0.155. The summed E-state index contributed by atoms with van der Waals surface area (Å²) in [5, 5.41) is 0. The number of esters is 2. The second-order valence-corrected chi connectivity index (χ2v) is 15.2. The molecule has 228 valence electrons. The van der Waals surface area contributed by atoms with E-state index in [0.29, 0.717) is 18.6 Å². The molecule has 4 unspecified atom stereocenters. The number of allylic oxidation sites excluding steroid dienone is 1. The van der Waals surface area contributed by atoms with E-state index < -0.39 is 0 Å². The molecule has 4 aliphatic carbocycles. The molecule has 40 heavy (non-hydrogen) atoms. The van der Waals surface area contributed by atoms with Crippen LogP contribution in [0.15, 0.2) is 11.6 Å². The van der Waals surface area contributed by atoms with Crippen LogP contribution in [0.3, 0.4) is 0 Å². The summed E-state index contributed by atoms with van der Waals surface area (Å²) in [6.07, 6.45) is 16.6. The molecule has 5 nitrogen and oxygen atoms in total. The van der Waals surface area contributed by atoms with Crippen LogP contribution in [0, 0.1) is 46.3 Å². The van der Waals surface area contributed by atoms with Gasteiger partial charge in [-0.25, -0.2) is 0 Å². The minimum absolute atomic E-state index is 0.0513. The average Bonchev–Trinajstić information content (AvgIpc) is 3.24. The van der Waals surface area contributed by atoms with Gasteiger partial charge >= 0.3 is 11.9 Å². The molecular formula is C35H59NO4. The third-order valence-electron chi connectivity index (χ3n) is 11.9. The van der Waals surface area contributed by atoms with Crippen molar-refractivity contribution in [2.24, 2.45) is 46.3 Å². The molecule has 3 saturated carbocycles. The Morgan fingerprint density at radius 2 is 1.73 bits per heavy atom. The van der Waals surface area contributed by atoms with Crippen LogP contribution in [-0.2, 0) is 19.1 Å². The number of nitrogens with zero attached hydrogens (tertiary/aromatic N) is 1. The average molecular weight is 558 g/mol. The number of likely N-dealkylation sites (N-methyl/N-ethyl adjacent to an activating group) is 1. The first-order valence-corrected chi connectivity index (χ1v) is 16.6. The maximum atomic E-state index is 12.6. The Morgan fingerprint density at radius 1 is 0.975 bits per heavy atom. The lowest BCUT2D eigenvalue weighted by atomic mass is 9.47. The number of hydrogen-bond donors (Lipinski definition) is 0. The fourth-order valence-electron chi connectivity index (χ4n) is 9.62. The number of rotatable bonds is 12. The van der Waals surface area contributed by atoms with E-state index in [1.807, 2.05) is 19.0 Å². The van der Waals surface area contributed by atoms with Gasteiger partial charge in [0.2, 0.25) is 0 Å². The summed E-state index contributed by atoms with van der Waals surface area (Å²) < 4.78 is 11.1. The van der Waals surface area contributed by atoms with E-state index in [1.54, 1.807) is 5.57 Å². The first-order chi connectivity index (χ1) is 18.9. The molecule has 8 atom stereocenters. The summed E-state index contributed by atoms with van der Waals surface area (Å²) in [6.45, 7) is 13.5. The van der Waals surface area contributed by atoms with Crippen molar-refractivity contribution in [3.8, 4) is 0 Å². The van der Waals surface area contributed by atoms with Crippen molar-refractivity contribution in [2.45, 2.75) is 124 Å². The Hall–Kier alpha value is -1.36. The molecular weight excluding hydrogens is 498 g/mol. The number of fused-ring (bicyclic) bond motifs is 5. The number of ether oxygens (including phenoxy) is 2. The predicted molar refractivity (Wildman–Crippen MR) is 162 cm³/mol. The quantitative estimate of drug-likeness (QED) is 0.181. The minimum atomic E-state index is -0.320. The summed E-state index contributed by atoms with van der Waals surface area (Å²) in [5.41, 5.74) is 2.31. The summed E-state index contributed by atoms with van der Waals surface area (Å²) in [6, 6.07) is 0. The molecule has 0 N–H and O–H groups in total. The van der Waals surface area contributed by atoms with E-state index in [1.165, 1.54) is 51.4 Å². The lowest BCUT2D eigenvalue weighted by Gasteiger charge is -2.58. The number of carbonyl (C=O) groups is 2. The van der Waals surface area contributed by atoms with Crippen LogP contribution < -0.4 is 0 Å². The maximum Gasteiger partial charge on any atom is 0.306 e. The predicted octanol–water partition coefficient (Wildman–Crippen LogP) is 7.82. The molecule has 0 bridgehead atoms. The topological polar surface area (TPSA) is 55.8 Å². The fourth-order valence-corrected chi connectivity index (χ4v) is 9.62. The Labute approximate surface area is 245 Å². The van der Waals surface area contributed by atoms with Gasteiger partial charge in [-0.1, -0.05) is 65.5 Å². The van der Waals surface area contributed by atoms with Crippen LogP contribution in [0.2, 0.25) is 0 Å². The normalized spacial score (nSPS) is 35.9. The minimum Gasteiger partial charge on any atom is -0.464 e. The maximum absolute atomic E-state index is 12.6. The van der Waals surface area contributed by atoms with E-state index >= 15 is 0 Å². The highest BCUT2D eigenvalue weighted by atomic mass is 16.5. The molecule has 0 saturated heterocycles. The zero-order chi connectivity index (χ0) is 29.1. The second-order valence-electron chi connectivity index (χ2n) is 15.2.